The molecule has 0 bridgehead atoms. The molecule has 0 fully saturated rings. The lowest BCUT2D eigenvalue weighted by Crippen LogP contribution is -2.32. The van der Waals surface area contributed by atoms with Crippen molar-refractivity contribution in [3.8, 4) is 0 Å². The maximum Gasteiger partial charge on any atom is 0.261 e. The van der Waals surface area contributed by atoms with Crippen LogP contribution in [0.3, 0.4) is 0 Å². The van der Waals surface area contributed by atoms with Gasteiger partial charge in [-0.25, -0.2) is 0 Å². The highest BCUT2D eigenvalue weighted by Gasteiger charge is 2.10. The van der Waals surface area contributed by atoms with Crippen molar-refractivity contribution in [2.24, 2.45) is 7.05 Å². The maximum atomic E-state index is 11.7. The minimum absolute atomic E-state index is 0.0923. The number of anilines is 1. The molecule has 2 aromatic rings. The van der Waals surface area contributed by atoms with Gasteiger partial charge in [-0.2, -0.15) is 5.10 Å². The van der Waals surface area contributed by atoms with E-state index < -0.39 is 0 Å². The van der Waals surface area contributed by atoms with E-state index in [9.17, 15) is 9.59 Å². The van der Waals surface area contributed by atoms with E-state index in [1.807, 2.05) is 0 Å². The van der Waals surface area contributed by atoms with Crippen LogP contribution in [0.2, 0.25) is 0 Å². The topological polar surface area (TPSA) is 76.0 Å². The van der Waals surface area contributed by atoms with Crippen LogP contribution in [-0.4, -0.2) is 28.1 Å². The van der Waals surface area contributed by atoms with Crippen molar-refractivity contribution in [3.05, 3.63) is 33.1 Å². The third-order valence-corrected chi connectivity index (χ3v) is 3.81. The summed E-state index contributed by atoms with van der Waals surface area (Å²) in [5, 5.41) is 9.13. The summed E-state index contributed by atoms with van der Waals surface area (Å²) in [7, 11) is 1.76. The first-order valence-electron chi connectivity index (χ1n) is 5.37. The molecular weight excluding hydrogens is 332 g/mol. The summed E-state index contributed by atoms with van der Waals surface area (Å²) >= 11 is 4.59. The van der Waals surface area contributed by atoms with Crippen LogP contribution in [0.1, 0.15) is 9.67 Å². The van der Waals surface area contributed by atoms with Crippen molar-refractivity contribution in [2.45, 2.75) is 0 Å². The van der Waals surface area contributed by atoms with E-state index in [2.05, 4.69) is 31.7 Å². The molecule has 6 nitrogen and oxygen atoms in total. The average molecular weight is 343 g/mol. The number of aromatic nitrogens is 2. The number of carbonyl (C=O) groups excluding carboxylic acids is 2. The summed E-state index contributed by atoms with van der Waals surface area (Å²) in [4.78, 5) is 23.8. The number of hydrogen-bond acceptors (Lipinski definition) is 4. The first-order chi connectivity index (χ1) is 9.04. The molecule has 0 atom stereocenters. The molecule has 0 aliphatic rings. The molecule has 100 valence electrons. The molecule has 2 N–H and O–H groups in total. The first-order valence-corrected chi connectivity index (χ1v) is 6.98. The number of thiophene rings is 1. The van der Waals surface area contributed by atoms with E-state index in [4.69, 9.17) is 0 Å². The predicted molar refractivity (Wildman–Crippen MR) is 76.2 cm³/mol. The molecule has 0 aliphatic heterocycles. The second kappa shape index (κ2) is 5.98. The van der Waals surface area contributed by atoms with Crippen LogP contribution < -0.4 is 10.6 Å². The van der Waals surface area contributed by atoms with Gasteiger partial charge in [-0.15, -0.1) is 11.3 Å². The van der Waals surface area contributed by atoms with E-state index in [-0.39, 0.29) is 18.4 Å². The van der Waals surface area contributed by atoms with Gasteiger partial charge in [0.15, 0.2) is 5.82 Å². The molecule has 0 aliphatic carbocycles. The SMILES string of the molecule is Cn1ccc(NC(=O)CNC(=O)c2ccc(Br)s2)n1. The normalized spacial score (nSPS) is 10.2. The molecule has 2 rings (SSSR count). The Morgan fingerprint density at radius 2 is 2.21 bits per heavy atom. The number of nitrogens with one attached hydrogen (secondary N) is 2. The summed E-state index contributed by atoms with van der Waals surface area (Å²) in [6.45, 7) is -0.0923. The Morgan fingerprint density at radius 3 is 2.79 bits per heavy atom. The van der Waals surface area contributed by atoms with Gasteiger partial charge in [-0.1, -0.05) is 0 Å². The highest BCUT2D eigenvalue weighted by molar-refractivity contribution is 9.11. The number of aryl methyl sites for hydroxylation is 1. The molecule has 2 aromatic heterocycles. The zero-order valence-electron chi connectivity index (χ0n) is 10.0. The fourth-order valence-corrected chi connectivity index (χ4v) is 2.66. The quantitative estimate of drug-likeness (QED) is 0.886. The van der Waals surface area contributed by atoms with E-state index in [1.54, 1.807) is 36.1 Å². The van der Waals surface area contributed by atoms with Crippen LogP contribution in [0, 0.1) is 0 Å². The molecule has 0 radical (unpaired) electrons. The predicted octanol–water partition coefficient (Wildman–Crippen LogP) is 1.61. The van der Waals surface area contributed by atoms with E-state index in [1.165, 1.54) is 11.3 Å². The van der Waals surface area contributed by atoms with Crippen molar-refractivity contribution in [3.63, 3.8) is 0 Å². The zero-order chi connectivity index (χ0) is 13.8. The second-order valence-electron chi connectivity index (χ2n) is 3.71. The highest BCUT2D eigenvalue weighted by Crippen LogP contribution is 2.21. The lowest BCUT2D eigenvalue weighted by Gasteiger charge is -2.03. The van der Waals surface area contributed by atoms with Gasteiger partial charge in [-0.05, 0) is 28.1 Å². The van der Waals surface area contributed by atoms with Gasteiger partial charge < -0.3 is 10.6 Å². The Hall–Kier alpha value is -1.67. The van der Waals surface area contributed by atoms with E-state index >= 15 is 0 Å². The Kier molecular flexibility index (Phi) is 4.33. The summed E-state index contributed by atoms with van der Waals surface area (Å²) in [5.74, 6) is -0.129. The Bertz CT molecular complexity index is 607. The van der Waals surface area contributed by atoms with Gasteiger partial charge in [0.25, 0.3) is 5.91 Å². The minimum atomic E-state index is -0.317. The molecule has 0 saturated carbocycles. The van der Waals surface area contributed by atoms with Gasteiger partial charge in [-0.3, -0.25) is 14.3 Å². The van der Waals surface area contributed by atoms with Crippen LogP contribution in [0.25, 0.3) is 0 Å². The van der Waals surface area contributed by atoms with Crippen LogP contribution >= 0.6 is 27.3 Å². The Balaban J connectivity index is 1.82. The largest absolute Gasteiger partial charge is 0.342 e. The first kappa shape index (κ1) is 13.8. The molecule has 0 spiro atoms. The fraction of sp³-hybridized carbons (Fsp3) is 0.182. The molecular formula is C11H11BrN4O2S. The number of carbonyl (C=O) groups is 2. The Labute approximate surface area is 121 Å². The highest BCUT2D eigenvalue weighted by atomic mass is 79.9. The minimum Gasteiger partial charge on any atom is -0.342 e. The van der Waals surface area contributed by atoms with Crippen molar-refractivity contribution in [2.75, 3.05) is 11.9 Å². The number of nitrogens with zero attached hydrogens (tertiary/aromatic N) is 2. The number of amides is 2. The molecule has 0 aromatic carbocycles. The van der Waals surface area contributed by atoms with Crippen LogP contribution in [0.5, 0.6) is 0 Å². The lowest BCUT2D eigenvalue weighted by molar-refractivity contribution is -0.115. The van der Waals surface area contributed by atoms with Crippen LogP contribution in [0.15, 0.2) is 28.2 Å². The third-order valence-electron chi connectivity index (χ3n) is 2.19. The van der Waals surface area contributed by atoms with Crippen molar-refractivity contribution in [1.82, 2.24) is 15.1 Å². The van der Waals surface area contributed by atoms with Gasteiger partial charge in [0.05, 0.1) is 15.2 Å². The van der Waals surface area contributed by atoms with Crippen molar-refractivity contribution in [1.29, 1.82) is 0 Å². The molecule has 19 heavy (non-hydrogen) atoms. The second-order valence-corrected chi connectivity index (χ2v) is 6.17. The van der Waals surface area contributed by atoms with E-state index in [0.29, 0.717) is 10.7 Å². The summed E-state index contributed by atoms with van der Waals surface area (Å²) in [6, 6.07) is 5.16. The fourth-order valence-electron chi connectivity index (χ4n) is 1.35. The molecule has 0 unspecified atom stereocenters. The Morgan fingerprint density at radius 1 is 1.42 bits per heavy atom. The van der Waals surface area contributed by atoms with Gasteiger partial charge in [0.1, 0.15) is 0 Å². The zero-order valence-corrected chi connectivity index (χ0v) is 12.4. The summed E-state index contributed by atoms with van der Waals surface area (Å²) < 4.78 is 2.45. The smallest absolute Gasteiger partial charge is 0.261 e. The third kappa shape index (κ3) is 3.90. The maximum absolute atomic E-state index is 11.7. The number of rotatable bonds is 4. The monoisotopic (exact) mass is 342 g/mol. The number of halogens is 1. The van der Waals surface area contributed by atoms with Gasteiger partial charge >= 0.3 is 0 Å². The molecule has 2 amide bonds. The molecule has 8 heteroatoms. The van der Waals surface area contributed by atoms with Gasteiger partial charge in [0.2, 0.25) is 5.91 Å². The standard InChI is InChI=1S/C11H11BrN4O2S/c1-16-5-4-9(15-16)14-10(17)6-13-11(18)7-2-3-8(12)19-7/h2-5H,6H2,1H3,(H,13,18)(H,14,15,17). The van der Waals surface area contributed by atoms with Crippen LogP contribution in [0.4, 0.5) is 5.82 Å². The lowest BCUT2D eigenvalue weighted by atomic mass is 10.4. The number of hydrogen-bond donors (Lipinski definition) is 2. The van der Waals surface area contributed by atoms with Crippen molar-refractivity contribution >= 4 is 44.9 Å². The summed E-state index contributed by atoms with van der Waals surface area (Å²) in [6.07, 6.45) is 1.72. The van der Waals surface area contributed by atoms with E-state index in [0.717, 1.165) is 3.79 Å². The summed E-state index contributed by atoms with van der Waals surface area (Å²) in [5.41, 5.74) is 0. The van der Waals surface area contributed by atoms with Crippen molar-refractivity contribution < 1.29 is 9.59 Å². The molecule has 2 heterocycles. The average Bonchev–Trinajstić information content (AvgIpc) is 2.95. The molecule has 0 saturated heterocycles. The van der Waals surface area contributed by atoms with Crippen LogP contribution in [-0.2, 0) is 11.8 Å². The van der Waals surface area contributed by atoms with Gasteiger partial charge in [0, 0.05) is 19.3 Å².